The number of rotatable bonds is 59. The van der Waals surface area contributed by atoms with Crippen molar-refractivity contribution in [2.24, 2.45) is 0 Å². The topological polar surface area (TPSA) is 78.9 Å². The molecule has 0 N–H and O–H groups in total. The first-order chi connectivity index (χ1) is 37.0. The van der Waals surface area contributed by atoms with E-state index in [1.807, 2.05) is 0 Å². The predicted molar refractivity (Wildman–Crippen MR) is 325 cm³/mol. The van der Waals surface area contributed by atoms with Crippen LogP contribution < -0.4 is 0 Å². The minimum absolute atomic E-state index is 0.0779. The van der Waals surface area contributed by atoms with Crippen molar-refractivity contribution in [2.75, 3.05) is 13.2 Å². The molecular weight excluding hydrogens is 925 g/mol. The van der Waals surface area contributed by atoms with Gasteiger partial charge in [0.1, 0.15) is 13.2 Å². The number of hydrogen-bond acceptors (Lipinski definition) is 6. The van der Waals surface area contributed by atoms with E-state index in [4.69, 9.17) is 14.2 Å². The van der Waals surface area contributed by atoms with Gasteiger partial charge < -0.3 is 14.2 Å². The molecule has 0 spiro atoms. The molecule has 0 aromatic rings. The molecule has 0 rings (SSSR count). The van der Waals surface area contributed by atoms with E-state index in [1.54, 1.807) is 0 Å². The molecule has 1 atom stereocenters. The maximum Gasteiger partial charge on any atom is 0.306 e. The van der Waals surface area contributed by atoms with Gasteiger partial charge in [-0.15, -0.1) is 0 Å². The van der Waals surface area contributed by atoms with E-state index < -0.39 is 6.10 Å². The van der Waals surface area contributed by atoms with Gasteiger partial charge in [-0.1, -0.05) is 293 Å². The van der Waals surface area contributed by atoms with Crippen molar-refractivity contribution in [2.45, 2.75) is 335 Å². The molecule has 1 unspecified atom stereocenters. The average molecular weight is 1050 g/mol. The SMILES string of the molecule is CC/C=C\C/C=C\C/C=C\C/C=C\CCCCCCCCC(=O)OC(COC(=O)CCCCCCCCCCC)COC(=O)CCCCCCCCCCCCCCCCCCC/C=C\C/C=C\CCCCCCC. The second-order valence-corrected chi connectivity index (χ2v) is 21.6. The van der Waals surface area contributed by atoms with Gasteiger partial charge >= 0.3 is 17.9 Å². The monoisotopic (exact) mass is 1050 g/mol. The van der Waals surface area contributed by atoms with E-state index in [1.165, 1.54) is 186 Å². The van der Waals surface area contributed by atoms with Gasteiger partial charge in [0.15, 0.2) is 6.10 Å². The number of allylic oxidation sites excluding steroid dienone is 12. The molecule has 0 bridgehead atoms. The van der Waals surface area contributed by atoms with Crippen LogP contribution in [0, 0.1) is 0 Å². The zero-order chi connectivity index (χ0) is 54.3. The molecule has 0 aromatic carbocycles. The standard InChI is InChI=1S/C69H122O6/c1-4-7-10-13-16-19-21-23-25-27-29-30-31-32-33-34-35-36-37-38-40-41-43-45-47-50-53-56-59-62-68(71)74-65-66(64-73-67(70)61-58-55-52-49-18-15-12-9-6-3)75-69(72)63-60-57-54-51-48-46-44-42-39-28-26-24-22-20-17-14-11-8-5-2/h8,11,17,20-21,23-24,26-27,29,39,42,66H,4-7,9-10,12-16,18-19,22,25,28,30-38,40-41,43-65H2,1-3H3/b11-8-,20-17-,23-21-,26-24-,29-27-,42-39-. The maximum atomic E-state index is 12.9. The highest BCUT2D eigenvalue weighted by molar-refractivity contribution is 5.71. The van der Waals surface area contributed by atoms with Gasteiger partial charge in [0.25, 0.3) is 0 Å². The van der Waals surface area contributed by atoms with E-state index in [2.05, 4.69) is 93.7 Å². The Kier molecular flexibility index (Phi) is 60.7. The third kappa shape index (κ3) is 61.6. The first kappa shape index (κ1) is 71.8. The Morgan fingerprint density at radius 1 is 0.280 bits per heavy atom. The van der Waals surface area contributed by atoms with Gasteiger partial charge in [0.2, 0.25) is 0 Å². The lowest BCUT2D eigenvalue weighted by Crippen LogP contribution is -2.30. The van der Waals surface area contributed by atoms with Crippen molar-refractivity contribution in [1.29, 1.82) is 0 Å². The molecule has 0 radical (unpaired) electrons. The number of carbonyl (C=O) groups is 3. The van der Waals surface area contributed by atoms with Crippen LogP contribution in [-0.2, 0) is 28.6 Å². The fourth-order valence-corrected chi connectivity index (χ4v) is 9.35. The summed E-state index contributed by atoms with van der Waals surface area (Å²) in [5.41, 5.74) is 0. The number of ether oxygens (including phenoxy) is 3. The Bertz CT molecular complexity index is 1390. The molecule has 0 aliphatic heterocycles. The van der Waals surface area contributed by atoms with Crippen molar-refractivity contribution in [3.05, 3.63) is 72.9 Å². The Morgan fingerprint density at radius 2 is 0.520 bits per heavy atom. The molecule has 434 valence electrons. The summed E-state index contributed by atoms with van der Waals surface area (Å²) >= 11 is 0. The van der Waals surface area contributed by atoms with Gasteiger partial charge in [0.05, 0.1) is 0 Å². The fraction of sp³-hybridized carbons (Fsp3) is 0.783. The van der Waals surface area contributed by atoms with Crippen LogP contribution in [0.15, 0.2) is 72.9 Å². The van der Waals surface area contributed by atoms with Gasteiger partial charge in [-0.2, -0.15) is 0 Å². The summed E-state index contributed by atoms with van der Waals surface area (Å²) in [4.78, 5) is 38.2. The lowest BCUT2D eigenvalue weighted by atomic mass is 10.0. The van der Waals surface area contributed by atoms with Crippen molar-refractivity contribution < 1.29 is 28.6 Å². The summed E-state index contributed by atoms with van der Waals surface area (Å²) in [6.45, 7) is 6.52. The molecule has 0 amide bonds. The summed E-state index contributed by atoms with van der Waals surface area (Å²) in [5, 5.41) is 0. The van der Waals surface area contributed by atoms with E-state index >= 15 is 0 Å². The zero-order valence-electron chi connectivity index (χ0n) is 49.8. The summed E-state index contributed by atoms with van der Waals surface area (Å²) in [7, 11) is 0. The Labute approximate surface area is 465 Å². The summed E-state index contributed by atoms with van der Waals surface area (Å²) in [5.74, 6) is -0.880. The van der Waals surface area contributed by atoms with Gasteiger partial charge in [-0.3, -0.25) is 14.4 Å². The molecule has 6 heteroatoms. The Balaban J connectivity index is 4.15. The van der Waals surface area contributed by atoms with E-state index in [0.29, 0.717) is 19.3 Å². The maximum absolute atomic E-state index is 12.9. The molecule has 6 nitrogen and oxygen atoms in total. The average Bonchev–Trinajstić information content (AvgIpc) is 3.41. The second kappa shape index (κ2) is 63.4. The molecule has 0 heterocycles. The van der Waals surface area contributed by atoms with E-state index in [9.17, 15) is 14.4 Å². The minimum Gasteiger partial charge on any atom is -0.462 e. The molecule has 0 aliphatic rings. The van der Waals surface area contributed by atoms with Crippen molar-refractivity contribution in [3.8, 4) is 0 Å². The zero-order valence-corrected chi connectivity index (χ0v) is 49.8. The Morgan fingerprint density at radius 3 is 0.813 bits per heavy atom. The number of hydrogen-bond donors (Lipinski definition) is 0. The van der Waals surface area contributed by atoms with Crippen LogP contribution in [-0.4, -0.2) is 37.2 Å². The quantitative estimate of drug-likeness (QED) is 0.0261. The lowest BCUT2D eigenvalue weighted by Gasteiger charge is -2.18. The molecule has 0 saturated heterocycles. The lowest BCUT2D eigenvalue weighted by molar-refractivity contribution is -0.167. The number of carbonyl (C=O) groups excluding carboxylic acids is 3. The molecule has 0 aliphatic carbocycles. The third-order valence-corrected chi connectivity index (χ3v) is 14.2. The molecule has 75 heavy (non-hydrogen) atoms. The van der Waals surface area contributed by atoms with Crippen LogP contribution in [0.4, 0.5) is 0 Å². The summed E-state index contributed by atoms with van der Waals surface area (Å²) < 4.78 is 16.9. The van der Waals surface area contributed by atoms with Crippen molar-refractivity contribution in [1.82, 2.24) is 0 Å². The van der Waals surface area contributed by atoms with E-state index in [0.717, 1.165) is 103 Å². The largest absolute Gasteiger partial charge is 0.462 e. The minimum atomic E-state index is -0.780. The predicted octanol–water partition coefficient (Wildman–Crippen LogP) is 22.1. The smallest absolute Gasteiger partial charge is 0.306 e. The fourth-order valence-electron chi connectivity index (χ4n) is 9.35. The molecular formula is C69H122O6. The highest BCUT2D eigenvalue weighted by Crippen LogP contribution is 2.17. The van der Waals surface area contributed by atoms with Gasteiger partial charge in [-0.05, 0) is 89.9 Å². The third-order valence-electron chi connectivity index (χ3n) is 14.2. The number of esters is 3. The van der Waals surface area contributed by atoms with Crippen LogP contribution >= 0.6 is 0 Å². The molecule has 0 fully saturated rings. The van der Waals surface area contributed by atoms with Crippen molar-refractivity contribution >= 4 is 17.9 Å². The normalized spacial score (nSPS) is 12.5. The first-order valence-corrected chi connectivity index (χ1v) is 32.4. The van der Waals surface area contributed by atoms with Crippen LogP contribution in [0.3, 0.4) is 0 Å². The van der Waals surface area contributed by atoms with Crippen LogP contribution in [0.25, 0.3) is 0 Å². The summed E-state index contributed by atoms with van der Waals surface area (Å²) in [6.07, 6.45) is 82.1. The first-order valence-electron chi connectivity index (χ1n) is 32.4. The molecule has 0 aromatic heterocycles. The molecule has 0 saturated carbocycles. The van der Waals surface area contributed by atoms with Crippen LogP contribution in [0.5, 0.6) is 0 Å². The summed E-state index contributed by atoms with van der Waals surface area (Å²) in [6, 6.07) is 0. The van der Waals surface area contributed by atoms with E-state index in [-0.39, 0.29) is 31.1 Å². The highest BCUT2D eigenvalue weighted by atomic mass is 16.6. The van der Waals surface area contributed by atoms with Crippen LogP contribution in [0.2, 0.25) is 0 Å². The number of unbranched alkanes of at least 4 members (excludes halogenated alkanes) is 36. The Hall–Kier alpha value is -3.15. The van der Waals surface area contributed by atoms with Crippen LogP contribution in [0.1, 0.15) is 329 Å². The second-order valence-electron chi connectivity index (χ2n) is 21.6. The van der Waals surface area contributed by atoms with Gasteiger partial charge in [0, 0.05) is 19.3 Å². The van der Waals surface area contributed by atoms with Crippen molar-refractivity contribution in [3.63, 3.8) is 0 Å². The van der Waals surface area contributed by atoms with Gasteiger partial charge in [-0.25, -0.2) is 0 Å². The highest BCUT2D eigenvalue weighted by Gasteiger charge is 2.19.